The predicted molar refractivity (Wildman–Crippen MR) is 66.5 cm³/mol. The highest BCUT2D eigenvalue weighted by molar-refractivity contribution is 8.04. The van der Waals surface area contributed by atoms with Gasteiger partial charge in [0.2, 0.25) is 6.79 Å². The number of rotatable bonds is 1. The minimum atomic E-state index is -0.529. The van der Waals surface area contributed by atoms with Gasteiger partial charge in [-0.2, -0.15) is 0 Å². The molecule has 2 aliphatic heterocycles. The second kappa shape index (κ2) is 4.06. The first kappa shape index (κ1) is 11.2. The van der Waals surface area contributed by atoms with Gasteiger partial charge >= 0.3 is 0 Å². The molecule has 1 aromatic rings. The number of thioether (sulfide) groups is 1. The van der Waals surface area contributed by atoms with E-state index in [4.69, 9.17) is 15.2 Å². The van der Waals surface area contributed by atoms with Crippen LogP contribution in [0.15, 0.2) is 17.0 Å². The van der Waals surface area contributed by atoms with Gasteiger partial charge in [-0.1, -0.05) is 0 Å². The number of benzene rings is 1. The monoisotopic (exact) mass is 263 g/mol. The van der Waals surface area contributed by atoms with Gasteiger partial charge in [-0.05, 0) is 23.8 Å². The summed E-state index contributed by atoms with van der Waals surface area (Å²) in [5.74, 6) is 0.747. The number of hydrogen-bond acceptors (Lipinski definition) is 5. The van der Waals surface area contributed by atoms with Crippen molar-refractivity contribution in [3.63, 3.8) is 0 Å². The summed E-state index contributed by atoms with van der Waals surface area (Å²) in [5, 5.41) is 0. The topological polar surface area (TPSA) is 78.6 Å². The van der Waals surface area contributed by atoms with Crippen molar-refractivity contribution >= 4 is 29.5 Å². The van der Waals surface area contributed by atoms with Crippen molar-refractivity contribution in [3.05, 3.63) is 28.2 Å². The molecule has 1 aromatic carbocycles. The van der Waals surface area contributed by atoms with E-state index in [2.05, 4.69) is 0 Å². The lowest BCUT2D eigenvalue weighted by atomic mass is 10.0. The zero-order valence-corrected chi connectivity index (χ0v) is 10.1. The zero-order valence-electron chi connectivity index (χ0n) is 9.26. The lowest BCUT2D eigenvalue weighted by Crippen LogP contribution is -2.12. The van der Waals surface area contributed by atoms with E-state index in [-0.39, 0.29) is 18.3 Å². The molecule has 5 nitrogen and oxygen atoms in total. The molecule has 92 valence electrons. The van der Waals surface area contributed by atoms with Gasteiger partial charge in [-0.25, -0.2) is 0 Å². The van der Waals surface area contributed by atoms with Crippen molar-refractivity contribution in [2.24, 2.45) is 5.73 Å². The zero-order chi connectivity index (χ0) is 12.7. The fourth-order valence-corrected chi connectivity index (χ4v) is 2.66. The molecule has 0 spiro atoms. The van der Waals surface area contributed by atoms with Crippen molar-refractivity contribution in [1.82, 2.24) is 0 Å². The van der Waals surface area contributed by atoms with Crippen LogP contribution in [0.25, 0.3) is 6.08 Å². The summed E-state index contributed by atoms with van der Waals surface area (Å²) in [6.45, 7) is 0.146. The molecule has 0 aromatic heterocycles. The quantitative estimate of drug-likeness (QED) is 0.822. The van der Waals surface area contributed by atoms with E-state index in [1.165, 1.54) is 0 Å². The standard InChI is InChI=1S/C12H9NO4S/c13-12(15)11-2-6-1-9-10(17-5-16-9)3-7(6)8(14)4-18-11/h1-3H,4-5H2,(H2,13,15). The van der Waals surface area contributed by atoms with Gasteiger partial charge < -0.3 is 15.2 Å². The number of fused-ring (bicyclic) bond motifs is 2. The number of nitrogens with two attached hydrogens (primary N) is 1. The van der Waals surface area contributed by atoms with E-state index >= 15 is 0 Å². The maximum atomic E-state index is 12.0. The van der Waals surface area contributed by atoms with E-state index in [1.54, 1.807) is 18.2 Å². The molecule has 0 fully saturated rings. The first-order valence-corrected chi connectivity index (χ1v) is 6.25. The van der Waals surface area contributed by atoms with Gasteiger partial charge in [0.1, 0.15) is 0 Å². The fourth-order valence-electron chi connectivity index (χ4n) is 1.86. The van der Waals surface area contributed by atoms with Crippen LogP contribution in [-0.2, 0) is 4.79 Å². The summed E-state index contributed by atoms with van der Waals surface area (Å²) in [6, 6.07) is 3.35. The molecule has 3 rings (SSSR count). The van der Waals surface area contributed by atoms with Crippen molar-refractivity contribution in [2.75, 3.05) is 12.5 Å². The Labute approximate surface area is 107 Å². The first-order chi connectivity index (χ1) is 8.65. The minimum absolute atomic E-state index is 0.0548. The molecule has 2 N–H and O–H groups in total. The van der Waals surface area contributed by atoms with Crippen molar-refractivity contribution < 1.29 is 19.1 Å². The Balaban J connectivity index is 2.16. The number of carbonyl (C=O) groups excluding carboxylic acids is 2. The summed E-state index contributed by atoms with van der Waals surface area (Å²) >= 11 is 1.15. The number of carbonyl (C=O) groups is 2. The number of amides is 1. The number of primary amides is 1. The van der Waals surface area contributed by atoms with Gasteiger partial charge in [0.25, 0.3) is 5.91 Å². The minimum Gasteiger partial charge on any atom is -0.454 e. The van der Waals surface area contributed by atoms with Crippen LogP contribution in [0.3, 0.4) is 0 Å². The average Bonchev–Trinajstić information content (AvgIpc) is 2.72. The van der Waals surface area contributed by atoms with Gasteiger partial charge in [-0.15, -0.1) is 11.8 Å². The normalized spacial score (nSPS) is 16.9. The Kier molecular flexibility index (Phi) is 2.52. The maximum absolute atomic E-state index is 12.0. The van der Waals surface area contributed by atoms with Crippen molar-refractivity contribution in [3.8, 4) is 11.5 Å². The molecule has 0 aliphatic carbocycles. The van der Waals surface area contributed by atoms with Crippen LogP contribution in [0.2, 0.25) is 0 Å². The Morgan fingerprint density at radius 1 is 1.28 bits per heavy atom. The molecule has 0 unspecified atom stereocenters. The molecule has 2 heterocycles. The molecule has 0 atom stereocenters. The molecule has 2 aliphatic rings. The van der Waals surface area contributed by atoms with E-state index in [0.717, 1.165) is 11.8 Å². The van der Waals surface area contributed by atoms with Gasteiger partial charge in [0.05, 0.1) is 10.7 Å². The van der Waals surface area contributed by atoms with Gasteiger partial charge in [0, 0.05) is 5.56 Å². The number of ketones is 1. The molecule has 6 heteroatoms. The SMILES string of the molecule is NC(=O)C1=Cc2cc3c(cc2C(=O)CS1)OCO3. The van der Waals surface area contributed by atoms with Crippen LogP contribution in [0, 0.1) is 0 Å². The van der Waals surface area contributed by atoms with Gasteiger partial charge in [0.15, 0.2) is 17.3 Å². The van der Waals surface area contributed by atoms with Crippen LogP contribution >= 0.6 is 11.8 Å². The van der Waals surface area contributed by atoms with E-state index < -0.39 is 5.91 Å². The summed E-state index contributed by atoms with van der Waals surface area (Å²) in [7, 11) is 0. The Morgan fingerprint density at radius 2 is 2.00 bits per heavy atom. The van der Waals surface area contributed by atoms with E-state index in [9.17, 15) is 9.59 Å². The second-order valence-electron chi connectivity index (χ2n) is 3.88. The first-order valence-electron chi connectivity index (χ1n) is 5.26. The second-order valence-corrected chi connectivity index (χ2v) is 4.89. The maximum Gasteiger partial charge on any atom is 0.255 e. The highest BCUT2D eigenvalue weighted by Gasteiger charge is 2.23. The third-order valence-corrected chi connectivity index (χ3v) is 3.77. The highest BCUT2D eigenvalue weighted by atomic mass is 32.2. The fraction of sp³-hybridized carbons (Fsp3) is 0.167. The van der Waals surface area contributed by atoms with E-state index in [1.807, 2.05) is 0 Å². The lowest BCUT2D eigenvalue weighted by Gasteiger charge is -2.04. The van der Waals surface area contributed by atoms with Crippen molar-refractivity contribution in [1.29, 1.82) is 0 Å². The molecule has 0 saturated carbocycles. The predicted octanol–water partition coefficient (Wildman–Crippen LogP) is 1.17. The van der Waals surface area contributed by atoms with Crippen LogP contribution in [0.5, 0.6) is 11.5 Å². The summed E-state index contributed by atoms with van der Waals surface area (Å²) in [5.41, 5.74) is 6.43. The van der Waals surface area contributed by atoms with Gasteiger partial charge in [-0.3, -0.25) is 9.59 Å². The number of ether oxygens (including phenoxy) is 2. The molecule has 18 heavy (non-hydrogen) atoms. The molecule has 0 radical (unpaired) electrons. The Hall–Kier alpha value is -1.95. The number of Topliss-reactive ketones (excluding diaryl/α,β-unsaturated/α-hetero) is 1. The third kappa shape index (κ3) is 1.74. The van der Waals surface area contributed by atoms with Crippen LogP contribution in [0.1, 0.15) is 15.9 Å². The lowest BCUT2D eigenvalue weighted by molar-refractivity contribution is -0.113. The van der Waals surface area contributed by atoms with Crippen LogP contribution in [-0.4, -0.2) is 24.2 Å². The van der Waals surface area contributed by atoms with E-state index in [0.29, 0.717) is 27.5 Å². The third-order valence-electron chi connectivity index (χ3n) is 2.73. The number of hydrogen-bond donors (Lipinski definition) is 1. The average molecular weight is 263 g/mol. The van der Waals surface area contributed by atoms with Crippen LogP contribution < -0.4 is 15.2 Å². The summed E-state index contributed by atoms with van der Waals surface area (Å²) in [4.78, 5) is 23.6. The Bertz CT molecular complexity index is 594. The van der Waals surface area contributed by atoms with Crippen LogP contribution in [0.4, 0.5) is 0 Å². The smallest absolute Gasteiger partial charge is 0.255 e. The summed E-state index contributed by atoms with van der Waals surface area (Å²) in [6.07, 6.45) is 1.62. The molecule has 0 bridgehead atoms. The summed E-state index contributed by atoms with van der Waals surface area (Å²) < 4.78 is 10.5. The molecular weight excluding hydrogens is 254 g/mol. The highest BCUT2D eigenvalue weighted by Crippen LogP contribution is 2.38. The van der Waals surface area contributed by atoms with Crippen molar-refractivity contribution in [2.45, 2.75) is 0 Å². The molecule has 1 amide bonds. The largest absolute Gasteiger partial charge is 0.454 e. The Morgan fingerprint density at radius 3 is 2.72 bits per heavy atom. The molecular formula is C12H9NO4S. The molecule has 0 saturated heterocycles.